The maximum Gasteiger partial charge on any atom is 0.233 e. The summed E-state index contributed by atoms with van der Waals surface area (Å²) >= 11 is 5.16. The van der Waals surface area contributed by atoms with E-state index in [1.54, 1.807) is 18.9 Å². The van der Waals surface area contributed by atoms with Crippen molar-refractivity contribution in [3.8, 4) is 0 Å². The highest BCUT2D eigenvalue weighted by Gasteiger charge is 2.07. The first-order chi connectivity index (χ1) is 9.61. The minimum Gasteiger partial charge on any atom is -0.383 e. The molecule has 4 nitrogen and oxygen atoms in total. The van der Waals surface area contributed by atoms with Gasteiger partial charge in [0.15, 0.2) is 0 Å². The number of ether oxygens (including phenoxy) is 1. The third-order valence-corrected chi connectivity index (χ3v) is 4.15. The number of methoxy groups -OCH3 is 1. The van der Waals surface area contributed by atoms with Crippen molar-refractivity contribution in [3.05, 3.63) is 28.7 Å². The van der Waals surface area contributed by atoms with Gasteiger partial charge in [-0.15, -0.1) is 24.2 Å². The molecular weight excluding hydrogens is 376 g/mol. The van der Waals surface area contributed by atoms with Gasteiger partial charge in [-0.1, -0.05) is 22.9 Å². The molecule has 0 aromatic heterocycles. The third kappa shape index (κ3) is 10.1. The van der Waals surface area contributed by atoms with Crippen molar-refractivity contribution in [3.63, 3.8) is 0 Å². The number of carbonyl (C=O) groups excluding carboxylic acids is 1. The lowest BCUT2D eigenvalue weighted by Gasteiger charge is -2.13. The molecule has 1 aromatic rings. The molecule has 1 aromatic carbocycles. The lowest BCUT2D eigenvalue weighted by atomic mass is 10.4. The van der Waals surface area contributed by atoms with Crippen LogP contribution in [0.5, 0.6) is 0 Å². The highest BCUT2D eigenvalue weighted by molar-refractivity contribution is 9.10. The highest BCUT2D eigenvalue weighted by atomic mass is 79.9. The van der Waals surface area contributed by atoms with Crippen LogP contribution in [-0.4, -0.2) is 44.5 Å². The average Bonchev–Trinajstić information content (AvgIpc) is 2.44. The Kier molecular flexibility index (Phi) is 12.1. The summed E-state index contributed by atoms with van der Waals surface area (Å²) < 4.78 is 5.97. The number of hydrogen-bond donors (Lipinski definition) is 2. The van der Waals surface area contributed by atoms with Gasteiger partial charge in [-0.3, -0.25) is 4.79 Å². The number of thioether (sulfide) groups is 1. The van der Waals surface area contributed by atoms with E-state index >= 15 is 0 Å². The zero-order chi connectivity index (χ0) is 14.8. The zero-order valence-electron chi connectivity index (χ0n) is 12.2. The Hall–Kier alpha value is -0.270. The number of carbonyl (C=O) groups is 1. The lowest BCUT2D eigenvalue weighted by molar-refractivity contribution is -0.120. The van der Waals surface area contributed by atoms with Crippen LogP contribution in [0, 0.1) is 0 Å². The summed E-state index contributed by atoms with van der Waals surface area (Å²) in [6.07, 6.45) is 0. The van der Waals surface area contributed by atoms with Gasteiger partial charge < -0.3 is 15.4 Å². The molecule has 0 aliphatic carbocycles. The lowest BCUT2D eigenvalue weighted by Crippen LogP contribution is -2.37. The Morgan fingerprint density at radius 3 is 2.67 bits per heavy atom. The Bertz CT molecular complexity index is 406. The van der Waals surface area contributed by atoms with E-state index in [2.05, 4.69) is 45.6 Å². The molecule has 120 valence electrons. The molecule has 1 unspecified atom stereocenters. The first-order valence-corrected chi connectivity index (χ1v) is 8.17. The minimum absolute atomic E-state index is 0. The molecule has 0 saturated heterocycles. The molecule has 21 heavy (non-hydrogen) atoms. The molecule has 1 rings (SSSR count). The molecule has 0 bridgehead atoms. The van der Waals surface area contributed by atoms with E-state index in [4.69, 9.17) is 4.74 Å². The minimum atomic E-state index is 0. The number of hydrogen-bond acceptors (Lipinski definition) is 4. The number of halogens is 2. The summed E-state index contributed by atoms with van der Waals surface area (Å²) in [5.74, 6) is 0.0179. The van der Waals surface area contributed by atoms with Crippen molar-refractivity contribution in [1.82, 2.24) is 10.6 Å². The predicted octanol–water partition coefficient (Wildman–Crippen LogP) is 2.70. The van der Waals surface area contributed by atoms with Crippen LogP contribution in [0.2, 0.25) is 0 Å². The van der Waals surface area contributed by atoms with Gasteiger partial charge in [0.25, 0.3) is 0 Å². The van der Waals surface area contributed by atoms with Gasteiger partial charge in [-0.05, 0) is 24.3 Å². The summed E-state index contributed by atoms with van der Waals surface area (Å²) in [6, 6.07) is 8.18. The maximum atomic E-state index is 11.6. The standard InChI is InChI=1S/C14H21BrN2O2S.ClH/c1-11(20-13-5-3-12(15)4-6-13)9-17-14(18)10-16-7-8-19-2;/h3-6,11,16H,7-10H2,1-2H3,(H,17,18);1H. The van der Waals surface area contributed by atoms with E-state index in [9.17, 15) is 4.79 Å². The van der Waals surface area contributed by atoms with Crippen LogP contribution in [0.3, 0.4) is 0 Å². The monoisotopic (exact) mass is 396 g/mol. The smallest absolute Gasteiger partial charge is 0.233 e. The number of amides is 1. The average molecular weight is 398 g/mol. The summed E-state index contributed by atoms with van der Waals surface area (Å²) in [6.45, 7) is 4.39. The van der Waals surface area contributed by atoms with Gasteiger partial charge in [-0.2, -0.15) is 0 Å². The second-order valence-corrected chi connectivity index (χ2v) is 6.78. The molecule has 0 saturated carbocycles. The molecule has 0 aliphatic rings. The molecule has 7 heteroatoms. The second kappa shape index (κ2) is 12.3. The molecule has 0 spiro atoms. The fraction of sp³-hybridized carbons (Fsp3) is 0.500. The normalized spacial score (nSPS) is 11.6. The molecular formula is C14H22BrClN2O2S. The van der Waals surface area contributed by atoms with Crippen molar-refractivity contribution >= 4 is 46.0 Å². The molecule has 0 heterocycles. The topological polar surface area (TPSA) is 50.4 Å². The van der Waals surface area contributed by atoms with E-state index in [1.165, 1.54) is 4.90 Å². The summed E-state index contributed by atoms with van der Waals surface area (Å²) in [4.78, 5) is 12.8. The summed E-state index contributed by atoms with van der Waals surface area (Å²) in [5.41, 5.74) is 0. The van der Waals surface area contributed by atoms with Gasteiger partial charge in [0.05, 0.1) is 13.2 Å². The largest absolute Gasteiger partial charge is 0.383 e. The van der Waals surface area contributed by atoms with Crippen LogP contribution in [0.25, 0.3) is 0 Å². The molecule has 0 aliphatic heterocycles. The van der Waals surface area contributed by atoms with Crippen LogP contribution < -0.4 is 10.6 Å². The van der Waals surface area contributed by atoms with Crippen molar-refractivity contribution in [1.29, 1.82) is 0 Å². The molecule has 0 fully saturated rings. The Balaban J connectivity index is 0.00000400. The SMILES string of the molecule is COCCNCC(=O)NCC(C)Sc1ccc(Br)cc1.Cl. The third-order valence-electron chi connectivity index (χ3n) is 2.51. The van der Waals surface area contributed by atoms with Crippen molar-refractivity contribution in [2.45, 2.75) is 17.1 Å². The van der Waals surface area contributed by atoms with Crippen LogP contribution in [0.15, 0.2) is 33.6 Å². The van der Waals surface area contributed by atoms with Crippen molar-refractivity contribution < 1.29 is 9.53 Å². The number of rotatable bonds is 9. The molecule has 0 radical (unpaired) electrons. The van der Waals surface area contributed by atoms with E-state index in [0.717, 1.165) is 4.47 Å². The predicted molar refractivity (Wildman–Crippen MR) is 94.5 cm³/mol. The Labute approximate surface area is 145 Å². The Morgan fingerprint density at radius 1 is 1.38 bits per heavy atom. The van der Waals surface area contributed by atoms with Gasteiger partial charge >= 0.3 is 0 Å². The van der Waals surface area contributed by atoms with Gasteiger partial charge in [0, 0.05) is 34.8 Å². The van der Waals surface area contributed by atoms with Crippen LogP contribution in [-0.2, 0) is 9.53 Å². The van der Waals surface area contributed by atoms with Gasteiger partial charge in [-0.25, -0.2) is 0 Å². The molecule has 2 N–H and O–H groups in total. The van der Waals surface area contributed by atoms with Crippen molar-refractivity contribution in [2.24, 2.45) is 0 Å². The first-order valence-electron chi connectivity index (χ1n) is 6.50. The fourth-order valence-electron chi connectivity index (χ4n) is 1.48. The van der Waals surface area contributed by atoms with Crippen LogP contribution >= 0.6 is 40.1 Å². The number of benzene rings is 1. The highest BCUT2D eigenvalue weighted by Crippen LogP contribution is 2.24. The Morgan fingerprint density at radius 2 is 2.05 bits per heavy atom. The summed E-state index contributed by atoms with van der Waals surface area (Å²) in [5, 5.41) is 6.27. The van der Waals surface area contributed by atoms with E-state index in [0.29, 0.717) is 31.5 Å². The zero-order valence-corrected chi connectivity index (χ0v) is 15.4. The quantitative estimate of drug-likeness (QED) is 0.497. The number of nitrogens with one attached hydrogen (secondary N) is 2. The van der Waals surface area contributed by atoms with Crippen LogP contribution in [0.1, 0.15) is 6.92 Å². The molecule has 1 atom stereocenters. The van der Waals surface area contributed by atoms with Crippen molar-refractivity contribution in [2.75, 3.05) is 33.4 Å². The molecule has 1 amide bonds. The maximum absolute atomic E-state index is 11.6. The fourth-order valence-corrected chi connectivity index (χ4v) is 2.67. The van der Waals surface area contributed by atoms with E-state index < -0.39 is 0 Å². The van der Waals surface area contributed by atoms with E-state index in [1.807, 2.05) is 12.1 Å². The first kappa shape index (κ1) is 20.7. The van der Waals surface area contributed by atoms with E-state index in [-0.39, 0.29) is 18.3 Å². The summed E-state index contributed by atoms with van der Waals surface area (Å²) in [7, 11) is 1.64. The van der Waals surface area contributed by atoms with Crippen LogP contribution in [0.4, 0.5) is 0 Å². The van der Waals surface area contributed by atoms with Gasteiger partial charge in [0.1, 0.15) is 0 Å². The second-order valence-electron chi connectivity index (χ2n) is 4.36. The van der Waals surface area contributed by atoms with Gasteiger partial charge in [0.2, 0.25) is 5.91 Å².